The van der Waals surface area contributed by atoms with Gasteiger partial charge in [0.15, 0.2) is 11.6 Å². The molecule has 0 bridgehead atoms. The molecule has 11 heteroatoms. The van der Waals surface area contributed by atoms with Crippen LogP contribution in [0.2, 0.25) is 0 Å². The van der Waals surface area contributed by atoms with Gasteiger partial charge in [0, 0.05) is 46.4 Å². The molecule has 3 unspecified atom stereocenters. The third-order valence-electron chi connectivity index (χ3n) is 8.68. The summed E-state index contributed by atoms with van der Waals surface area (Å²) in [4.78, 5) is 18.4. The van der Waals surface area contributed by atoms with Crippen LogP contribution in [0.1, 0.15) is 104 Å². The molecule has 1 aromatic rings. The van der Waals surface area contributed by atoms with Crippen molar-refractivity contribution in [2.45, 2.75) is 116 Å². The number of nitrogens with two attached hydrogens (primary N) is 2. The maximum atomic E-state index is 10.0. The van der Waals surface area contributed by atoms with Crippen molar-refractivity contribution in [1.82, 2.24) is 14.9 Å². The quantitative estimate of drug-likeness (QED) is 0.145. The van der Waals surface area contributed by atoms with Crippen LogP contribution in [0.25, 0.3) is 0 Å². The summed E-state index contributed by atoms with van der Waals surface area (Å²) < 4.78 is 0. The molecule has 2 aliphatic heterocycles. The van der Waals surface area contributed by atoms with Crippen LogP contribution in [0.4, 0.5) is 5.82 Å². The summed E-state index contributed by atoms with van der Waals surface area (Å²) in [5.74, 6) is 1.86. The summed E-state index contributed by atoms with van der Waals surface area (Å²) >= 11 is 3.52. The Morgan fingerprint density at radius 2 is 2.00 bits per heavy atom. The van der Waals surface area contributed by atoms with Crippen molar-refractivity contribution in [3.8, 4) is 6.07 Å². The van der Waals surface area contributed by atoms with Gasteiger partial charge in [-0.3, -0.25) is 5.41 Å². The van der Waals surface area contributed by atoms with Crippen molar-refractivity contribution < 1.29 is 0 Å². The Morgan fingerprint density at radius 1 is 1.29 bits per heavy atom. The zero-order chi connectivity index (χ0) is 35.8. The Balaban J connectivity index is 0.00000124. The fourth-order valence-corrected chi connectivity index (χ4v) is 9.02. The fourth-order valence-electron chi connectivity index (χ4n) is 6.47. The number of aliphatic imine (C=N–C) groups is 1. The van der Waals surface area contributed by atoms with Crippen LogP contribution in [-0.2, 0) is 6.42 Å². The molecule has 0 amide bonds. The highest BCUT2D eigenvalue weighted by atomic mass is 32.2. The minimum absolute atomic E-state index is 0.0897. The Morgan fingerprint density at radius 3 is 2.60 bits per heavy atom. The van der Waals surface area contributed by atoms with Gasteiger partial charge in [0.2, 0.25) is 0 Å². The lowest BCUT2D eigenvalue weighted by Gasteiger charge is -2.29. The maximum absolute atomic E-state index is 10.0. The molecule has 0 spiro atoms. The molecule has 0 aromatic carbocycles. The summed E-state index contributed by atoms with van der Waals surface area (Å²) in [5.41, 5.74) is 16.8. The molecule has 8 nitrogen and oxygen atoms in total. The second-order valence-electron chi connectivity index (χ2n) is 12.9. The van der Waals surface area contributed by atoms with Crippen LogP contribution in [0.3, 0.4) is 0 Å². The Hall–Kier alpha value is -2.02. The van der Waals surface area contributed by atoms with E-state index in [9.17, 15) is 10.7 Å². The zero-order valence-corrected chi connectivity index (χ0v) is 33.5. The van der Waals surface area contributed by atoms with E-state index in [1.165, 1.54) is 28.9 Å². The van der Waals surface area contributed by atoms with Crippen molar-refractivity contribution in [1.29, 1.82) is 10.7 Å². The number of aryl methyl sites for hydroxylation is 1. The predicted octanol–water partition coefficient (Wildman–Crippen LogP) is 8.42. The summed E-state index contributed by atoms with van der Waals surface area (Å²) in [5, 5.41) is 19.4. The molecular formula is C37H61N8PS2. The van der Waals surface area contributed by atoms with E-state index < -0.39 is 0 Å². The molecule has 48 heavy (non-hydrogen) atoms. The van der Waals surface area contributed by atoms with Gasteiger partial charge in [0.05, 0.1) is 12.0 Å². The number of allylic oxidation sites excluding steroid dienone is 5. The number of hydrogen-bond donors (Lipinski definition) is 3. The molecule has 0 radical (unpaired) electrons. The van der Waals surface area contributed by atoms with E-state index in [0.717, 1.165) is 74.2 Å². The SMILES string of the molecule is CC.CC(C)N.CCC/C(C(=N)c1nc(CC[C@@H]2CCCN2C)cc(N=C/C=C(\N)CSC)n1)=C(/C)[C@H]1CCCC2=C1C(C#N)C(P)S2. The van der Waals surface area contributed by atoms with E-state index in [0.29, 0.717) is 29.4 Å². The number of aromatic nitrogens is 2. The van der Waals surface area contributed by atoms with Crippen LogP contribution in [0, 0.1) is 28.6 Å². The third-order valence-corrected chi connectivity index (χ3v) is 11.4. The van der Waals surface area contributed by atoms with Crippen LogP contribution in [0.15, 0.2) is 44.5 Å². The van der Waals surface area contributed by atoms with E-state index in [1.807, 2.05) is 57.9 Å². The van der Waals surface area contributed by atoms with E-state index in [1.54, 1.807) is 18.0 Å². The van der Waals surface area contributed by atoms with Crippen LogP contribution < -0.4 is 11.5 Å². The highest BCUT2D eigenvalue weighted by molar-refractivity contribution is 8.07. The number of nitrogens with one attached hydrogen (secondary N) is 1. The fraction of sp³-hybridized carbons (Fsp3) is 0.649. The second kappa shape index (κ2) is 21.9. The van der Waals surface area contributed by atoms with Crippen LogP contribution >= 0.6 is 32.8 Å². The minimum Gasteiger partial charge on any atom is -0.401 e. The van der Waals surface area contributed by atoms with Gasteiger partial charge in [-0.25, -0.2) is 15.0 Å². The number of nitrogens with zero attached hydrogens (tertiary/aromatic N) is 5. The molecule has 1 aromatic heterocycles. The van der Waals surface area contributed by atoms with Crippen molar-refractivity contribution in [2.75, 3.05) is 25.6 Å². The second-order valence-corrected chi connectivity index (χ2v) is 16.2. The first-order chi connectivity index (χ1) is 23.0. The number of rotatable bonds is 12. The molecule has 5 N–H and O–H groups in total. The summed E-state index contributed by atoms with van der Waals surface area (Å²) in [7, 11) is 5.08. The monoisotopic (exact) mass is 712 g/mol. The molecule has 4 rings (SSSR count). The van der Waals surface area contributed by atoms with Gasteiger partial charge < -0.3 is 16.4 Å². The van der Waals surface area contributed by atoms with Crippen molar-refractivity contribution in [3.63, 3.8) is 0 Å². The average Bonchev–Trinajstić information content (AvgIpc) is 3.63. The molecule has 1 fully saturated rings. The average molecular weight is 713 g/mol. The van der Waals surface area contributed by atoms with Gasteiger partial charge in [-0.2, -0.15) is 17.0 Å². The molecule has 5 atom stereocenters. The predicted molar refractivity (Wildman–Crippen MR) is 214 cm³/mol. The van der Waals surface area contributed by atoms with Gasteiger partial charge in [0.1, 0.15) is 5.71 Å². The van der Waals surface area contributed by atoms with E-state index in [-0.39, 0.29) is 16.8 Å². The highest BCUT2D eigenvalue weighted by Crippen LogP contribution is 2.54. The maximum Gasteiger partial charge on any atom is 0.180 e. The Bertz CT molecular complexity index is 1360. The van der Waals surface area contributed by atoms with Gasteiger partial charge in [-0.15, -0.1) is 21.0 Å². The number of thioether (sulfide) groups is 2. The Labute approximate surface area is 302 Å². The largest absolute Gasteiger partial charge is 0.401 e. The van der Waals surface area contributed by atoms with Gasteiger partial charge >= 0.3 is 0 Å². The first kappa shape index (κ1) is 42.1. The standard InChI is InChI=1S/C32H46N7PS2.C3H9N.C2H6/c1-5-8-25(20(2)24-10-6-11-27-29(24)26(18-33)32(40)42-27)30(35)31-37-22(12-13-23-9-7-16-39(23)3)17-28(38-31)36-15-14-21(34)19-41-4;1-3(2)4;1-2/h14-15,17,23-24,26,32,35H,5-13,16,19,34,40H2,1-4H3;3H,4H2,1-2H3;1-2H3/b21-14-,25-20+,35-30?,36-15?;;/t23-,24+,26?,32?;;/m0../s1. The summed E-state index contributed by atoms with van der Waals surface area (Å²) in [6.07, 6.45) is 14.8. The van der Waals surface area contributed by atoms with E-state index in [2.05, 4.69) is 46.1 Å². The number of nitriles is 1. The van der Waals surface area contributed by atoms with Crippen molar-refractivity contribution in [2.24, 2.45) is 28.3 Å². The normalized spacial score (nSPS) is 23.2. The molecule has 1 aliphatic carbocycles. The number of hydrogen-bond acceptors (Lipinski definition) is 10. The molecule has 3 heterocycles. The smallest absolute Gasteiger partial charge is 0.180 e. The van der Waals surface area contributed by atoms with Gasteiger partial charge in [-0.1, -0.05) is 46.6 Å². The summed E-state index contributed by atoms with van der Waals surface area (Å²) in [6, 6.07) is 5.44. The summed E-state index contributed by atoms with van der Waals surface area (Å²) in [6.45, 7) is 13.4. The molecule has 0 saturated carbocycles. The van der Waals surface area contributed by atoms with Gasteiger partial charge in [-0.05, 0) is 106 Å². The molecule has 1 saturated heterocycles. The third kappa shape index (κ3) is 12.4. The van der Waals surface area contributed by atoms with E-state index >= 15 is 0 Å². The lowest BCUT2D eigenvalue weighted by atomic mass is 9.75. The highest BCUT2D eigenvalue weighted by Gasteiger charge is 2.40. The number of likely N-dealkylation sites (tertiary alicyclic amines) is 1. The molecule has 266 valence electrons. The minimum atomic E-state index is -0.0897. The van der Waals surface area contributed by atoms with Gasteiger partial charge in [0.25, 0.3) is 0 Å². The molecular weight excluding hydrogens is 652 g/mol. The topological polar surface area (TPSA) is 141 Å². The Kier molecular flexibility index (Phi) is 19.3. The van der Waals surface area contributed by atoms with Crippen molar-refractivity contribution >= 4 is 50.5 Å². The molecule has 3 aliphatic rings. The lowest BCUT2D eigenvalue weighted by Crippen LogP contribution is -2.25. The van der Waals surface area contributed by atoms with Crippen molar-refractivity contribution in [3.05, 3.63) is 51.0 Å². The zero-order valence-electron chi connectivity index (χ0n) is 30.7. The van der Waals surface area contributed by atoms with Crippen LogP contribution in [-0.4, -0.2) is 69.5 Å². The van der Waals surface area contributed by atoms with Crippen LogP contribution in [0.5, 0.6) is 0 Å². The first-order valence-corrected chi connectivity index (χ1v) is 20.6. The first-order valence-electron chi connectivity index (χ1n) is 17.7. The van der Waals surface area contributed by atoms with E-state index in [4.69, 9.17) is 21.4 Å². The lowest BCUT2D eigenvalue weighted by molar-refractivity contribution is 0.296.